The SMILES string of the molecule is CCCCCCP(C)(Cl)(CCCCCC)CCCCCC. The molecular formula is C19H42ClP. The van der Waals surface area contributed by atoms with E-state index in [0.29, 0.717) is 0 Å². The van der Waals surface area contributed by atoms with Crippen LogP contribution < -0.4 is 0 Å². The Bertz CT molecular complexity index is 200. The van der Waals surface area contributed by atoms with Crippen molar-refractivity contribution < 1.29 is 0 Å². The minimum absolute atomic E-state index is 1.33. The summed E-state index contributed by atoms with van der Waals surface area (Å²) in [7, 11) is 0. The molecule has 0 heterocycles. The Morgan fingerprint density at radius 2 is 0.810 bits per heavy atom. The molecule has 0 N–H and O–H groups in total. The van der Waals surface area contributed by atoms with Gasteiger partial charge in [-0.1, -0.05) is 0 Å². The van der Waals surface area contributed by atoms with Gasteiger partial charge in [-0.25, -0.2) is 0 Å². The Kier molecular flexibility index (Phi) is 12.6. The van der Waals surface area contributed by atoms with Crippen LogP contribution in [0.4, 0.5) is 0 Å². The molecule has 0 aliphatic heterocycles. The van der Waals surface area contributed by atoms with Gasteiger partial charge in [0.1, 0.15) is 0 Å². The molecule has 130 valence electrons. The monoisotopic (exact) mass is 336 g/mol. The van der Waals surface area contributed by atoms with Gasteiger partial charge in [0.15, 0.2) is 0 Å². The topological polar surface area (TPSA) is 0 Å². The van der Waals surface area contributed by atoms with E-state index in [4.69, 9.17) is 11.2 Å². The summed E-state index contributed by atoms with van der Waals surface area (Å²) in [6.07, 6.45) is 20.4. The molecule has 0 fully saturated rings. The second-order valence-corrected chi connectivity index (χ2v) is 16.3. The standard InChI is InChI=1S/C19H42ClP/c1-5-8-11-14-17-21(4,20,18-15-12-9-6-2)19-16-13-10-7-3/h5-19H2,1-4H3. The van der Waals surface area contributed by atoms with E-state index in [-0.39, 0.29) is 0 Å². The third kappa shape index (κ3) is 11.9. The molecular weight excluding hydrogens is 295 g/mol. The average Bonchev–Trinajstić information content (AvgIpc) is 2.45. The molecule has 0 amide bonds. The van der Waals surface area contributed by atoms with Crippen molar-refractivity contribution in [1.82, 2.24) is 0 Å². The summed E-state index contributed by atoms with van der Waals surface area (Å²) >= 11 is 7.36. The zero-order valence-electron chi connectivity index (χ0n) is 15.4. The van der Waals surface area contributed by atoms with Crippen LogP contribution in [-0.2, 0) is 0 Å². The predicted molar refractivity (Wildman–Crippen MR) is 106 cm³/mol. The van der Waals surface area contributed by atoms with Crippen LogP contribution in [0, 0.1) is 0 Å². The van der Waals surface area contributed by atoms with Gasteiger partial charge in [0, 0.05) is 0 Å². The molecule has 0 spiro atoms. The van der Waals surface area contributed by atoms with Crippen LogP contribution >= 0.6 is 17.2 Å². The molecule has 0 nitrogen and oxygen atoms in total. The molecule has 0 aromatic heterocycles. The van der Waals surface area contributed by atoms with Gasteiger partial charge in [-0.3, -0.25) is 0 Å². The molecule has 2 heteroatoms. The van der Waals surface area contributed by atoms with Gasteiger partial charge in [-0.15, -0.1) is 0 Å². The Morgan fingerprint density at radius 3 is 1.05 bits per heavy atom. The molecule has 0 unspecified atom stereocenters. The van der Waals surface area contributed by atoms with Crippen molar-refractivity contribution in [2.45, 2.75) is 97.8 Å². The molecule has 0 aliphatic rings. The van der Waals surface area contributed by atoms with E-state index < -0.39 is 5.96 Å². The molecule has 0 saturated carbocycles. The molecule has 0 radical (unpaired) electrons. The molecule has 21 heavy (non-hydrogen) atoms. The average molecular weight is 337 g/mol. The Balaban J connectivity index is 4.32. The van der Waals surface area contributed by atoms with Crippen LogP contribution in [-0.4, -0.2) is 25.2 Å². The number of unbranched alkanes of at least 4 members (excludes halogenated alkanes) is 9. The van der Waals surface area contributed by atoms with E-state index in [9.17, 15) is 0 Å². The molecule has 0 saturated heterocycles. The van der Waals surface area contributed by atoms with Gasteiger partial charge in [-0.05, 0) is 0 Å². The van der Waals surface area contributed by atoms with Crippen molar-refractivity contribution in [3.8, 4) is 0 Å². The number of hydrogen-bond donors (Lipinski definition) is 0. The van der Waals surface area contributed by atoms with E-state index in [1.165, 1.54) is 95.5 Å². The summed E-state index contributed by atoms with van der Waals surface area (Å²) in [5.74, 6) is -1.91. The Hall–Kier alpha value is 0.720. The van der Waals surface area contributed by atoms with Gasteiger partial charge < -0.3 is 0 Å². The van der Waals surface area contributed by atoms with Gasteiger partial charge in [0.05, 0.1) is 0 Å². The summed E-state index contributed by atoms with van der Waals surface area (Å²) in [5.41, 5.74) is 0. The van der Waals surface area contributed by atoms with Gasteiger partial charge >= 0.3 is 140 Å². The van der Waals surface area contributed by atoms with E-state index in [1.54, 1.807) is 0 Å². The van der Waals surface area contributed by atoms with Crippen molar-refractivity contribution in [2.24, 2.45) is 0 Å². The van der Waals surface area contributed by atoms with Gasteiger partial charge in [0.2, 0.25) is 0 Å². The molecule has 0 aromatic carbocycles. The first-order valence-electron chi connectivity index (χ1n) is 9.69. The first kappa shape index (κ1) is 21.7. The molecule has 0 rings (SSSR count). The summed E-state index contributed by atoms with van der Waals surface area (Å²) in [6, 6.07) is 0. The van der Waals surface area contributed by atoms with Crippen LogP contribution in [0.25, 0.3) is 0 Å². The molecule has 0 bridgehead atoms. The maximum absolute atomic E-state index is 7.36. The van der Waals surface area contributed by atoms with Crippen LogP contribution in [0.3, 0.4) is 0 Å². The quantitative estimate of drug-likeness (QED) is 0.209. The number of hydrogen-bond acceptors (Lipinski definition) is 0. The van der Waals surface area contributed by atoms with E-state index >= 15 is 0 Å². The van der Waals surface area contributed by atoms with Crippen molar-refractivity contribution in [3.63, 3.8) is 0 Å². The fourth-order valence-electron chi connectivity index (χ4n) is 3.28. The second-order valence-electron chi connectivity index (χ2n) is 7.50. The fourth-order valence-corrected chi connectivity index (χ4v) is 8.34. The van der Waals surface area contributed by atoms with Crippen molar-refractivity contribution in [1.29, 1.82) is 0 Å². The second kappa shape index (κ2) is 12.2. The first-order valence-corrected chi connectivity index (χ1v) is 13.8. The minimum atomic E-state index is -1.91. The summed E-state index contributed by atoms with van der Waals surface area (Å²) in [4.78, 5) is 0. The van der Waals surface area contributed by atoms with Crippen molar-refractivity contribution in [2.75, 3.05) is 25.2 Å². The first-order chi connectivity index (χ1) is 9.96. The molecule has 0 atom stereocenters. The van der Waals surface area contributed by atoms with E-state index in [2.05, 4.69) is 27.4 Å². The van der Waals surface area contributed by atoms with E-state index in [1.807, 2.05) is 0 Å². The third-order valence-corrected chi connectivity index (χ3v) is 11.1. The van der Waals surface area contributed by atoms with Crippen LogP contribution in [0.2, 0.25) is 0 Å². The fraction of sp³-hybridized carbons (Fsp3) is 1.00. The number of rotatable bonds is 15. The summed E-state index contributed by atoms with van der Waals surface area (Å²) in [6.45, 7) is 9.38. The summed E-state index contributed by atoms with van der Waals surface area (Å²) in [5, 5.41) is 0. The zero-order valence-corrected chi connectivity index (χ0v) is 17.1. The van der Waals surface area contributed by atoms with Crippen LogP contribution in [0.1, 0.15) is 97.8 Å². The van der Waals surface area contributed by atoms with Gasteiger partial charge in [-0.2, -0.15) is 0 Å². The molecule has 0 aromatic rings. The van der Waals surface area contributed by atoms with Crippen molar-refractivity contribution in [3.05, 3.63) is 0 Å². The maximum atomic E-state index is 7.36. The van der Waals surface area contributed by atoms with Crippen molar-refractivity contribution >= 4 is 17.2 Å². The van der Waals surface area contributed by atoms with E-state index in [0.717, 1.165) is 0 Å². The molecule has 0 aliphatic carbocycles. The Labute approximate surface area is 140 Å². The van der Waals surface area contributed by atoms with Gasteiger partial charge in [0.25, 0.3) is 0 Å². The third-order valence-electron chi connectivity index (χ3n) is 4.91. The van der Waals surface area contributed by atoms with Crippen LogP contribution in [0.5, 0.6) is 0 Å². The number of halogens is 1. The predicted octanol–water partition coefficient (Wildman–Crippen LogP) is 8.06. The zero-order chi connectivity index (χ0) is 16.1. The normalized spacial score (nSPS) is 14.0. The van der Waals surface area contributed by atoms with Crippen LogP contribution in [0.15, 0.2) is 0 Å². The summed E-state index contributed by atoms with van der Waals surface area (Å²) < 4.78 is 0. The Morgan fingerprint density at radius 1 is 0.524 bits per heavy atom.